The number of rotatable bonds is 3. The first-order valence-corrected chi connectivity index (χ1v) is 4.19. The van der Waals surface area contributed by atoms with Crippen LogP contribution in [0.15, 0.2) is 18.2 Å². The fourth-order valence-corrected chi connectivity index (χ4v) is 1.13. The van der Waals surface area contributed by atoms with Gasteiger partial charge in [-0.2, -0.15) is 0 Å². The lowest BCUT2D eigenvalue weighted by molar-refractivity contribution is -0.385. The van der Waals surface area contributed by atoms with Crippen molar-refractivity contribution in [3.8, 4) is 0 Å². The van der Waals surface area contributed by atoms with Gasteiger partial charge in [-0.3, -0.25) is 10.1 Å². The monoisotopic (exact) mass is 195 g/mol. The quantitative estimate of drug-likeness (QED) is 0.590. The van der Waals surface area contributed by atoms with E-state index in [-0.39, 0.29) is 10.6 Å². The second kappa shape index (κ2) is 4.06. The highest BCUT2D eigenvalue weighted by Crippen LogP contribution is 2.22. The topological polar surface area (TPSA) is 58.4 Å². The summed E-state index contributed by atoms with van der Waals surface area (Å²) in [5.41, 5.74) is 4.47. The maximum absolute atomic E-state index is 10.6. The lowest BCUT2D eigenvalue weighted by atomic mass is 10.2. The van der Waals surface area contributed by atoms with Gasteiger partial charge in [0.05, 0.1) is 10.6 Å². The Balaban J connectivity index is 3.00. The summed E-state index contributed by atoms with van der Waals surface area (Å²) in [6.45, 7) is 1.72. The Morgan fingerprint density at radius 3 is 2.57 bits per heavy atom. The molecule has 0 saturated carbocycles. The fourth-order valence-electron chi connectivity index (χ4n) is 1.13. The number of anilines is 1. The molecule has 0 aliphatic heterocycles. The summed E-state index contributed by atoms with van der Waals surface area (Å²) < 4.78 is 0. The summed E-state index contributed by atoms with van der Waals surface area (Å²) in [5.74, 6) is 0. The minimum Gasteiger partial charge on any atom is -0.319 e. The van der Waals surface area contributed by atoms with Gasteiger partial charge in [0.25, 0.3) is 5.69 Å². The van der Waals surface area contributed by atoms with Gasteiger partial charge in [0, 0.05) is 25.7 Å². The molecule has 1 aromatic carbocycles. The Bertz CT molecular complexity index is 350. The van der Waals surface area contributed by atoms with Crippen LogP contribution in [0.2, 0.25) is 0 Å². The third kappa shape index (κ3) is 2.43. The Morgan fingerprint density at radius 1 is 1.43 bits per heavy atom. The van der Waals surface area contributed by atoms with Crippen molar-refractivity contribution < 1.29 is 4.92 Å². The van der Waals surface area contributed by atoms with Crippen molar-refractivity contribution >= 4 is 11.4 Å². The zero-order chi connectivity index (χ0) is 10.7. The summed E-state index contributed by atoms with van der Waals surface area (Å²) >= 11 is 0. The molecular formula is C9H13N3O2. The highest BCUT2D eigenvalue weighted by atomic mass is 16.6. The van der Waals surface area contributed by atoms with Gasteiger partial charge in [-0.1, -0.05) is 6.07 Å². The van der Waals surface area contributed by atoms with E-state index in [4.69, 9.17) is 0 Å². The summed E-state index contributed by atoms with van der Waals surface area (Å²) in [4.78, 5) is 10.2. The fraction of sp³-hybridized carbons (Fsp3) is 0.333. The molecule has 1 rings (SSSR count). The van der Waals surface area contributed by atoms with Crippen LogP contribution < -0.4 is 5.43 Å². The molecule has 0 atom stereocenters. The van der Waals surface area contributed by atoms with Crippen molar-refractivity contribution in [1.29, 1.82) is 0 Å². The summed E-state index contributed by atoms with van der Waals surface area (Å²) in [5, 5.41) is 12.4. The summed E-state index contributed by atoms with van der Waals surface area (Å²) in [6.07, 6.45) is 0. The lowest BCUT2D eigenvalue weighted by Crippen LogP contribution is -2.19. The molecule has 0 aliphatic carbocycles. The van der Waals surface area contributed by atoms with Crippen LogP contribution in [0.5, 0.6) is 0 Å². The maximum atomic E-state index is 10.6. The average Bonchev–Trinajstić information content (AvgIpc) is 2.07. The van der Waals surface area contributed by atoms with E-state index in [9.17, 15) is 10.1 Å². The van der Waals surface area contributed by atoms with Gasteiger partial charge in [0.1, 0.15) is 0 Å². The number of hydrazine groups is 1. The minimum atomic E-state index is -0.379. The summed E-state index contributed by atoms with van der Waals surface area (Å²) in [6, 6.07) is 5.06. The molecule has 0 amide bonds. The Labute approximate surface area is 82.5 Å². The second-order valence-electron chi connectivity index (χ2n) is 3.26. The van der Waals surface area contributed by atoms with Crippen LogP contribution in [0.3, 0.4) is 0 Å². The molecule has 5 nitrogen and oxygen atoms in total. The summed E-state index contributed by atoms with van der Waals surface area (Å²) in [7, 11) is 3.65. The van der Waals surface area contributed by atoms with E-state index in [2.05, 4.69) is 5.43 Å². The van der Waals surface area contributed by atoms with Crippen LogP contribution in [-0.2, 0) is 0 Å². The maximum Gasteiger partial charge on any atom is 0.274 e. The van der Waals surface area contributed by atoms with Crippen molar-refractivity contribution in [2.24, 2.45) is 0 Å². The number of aryl methyl sites for hydroxylation is 1. The Hall–Kier alpha value is -1.62. The zero-order valence-electron chi connectivity index (χ0n) is 8.44. The minimum absolute atomic E-state index is 0.136. The molecule has 1 N–H and O–H groups in total. The van der Waals surface area contributed by atoms with Crippen LogP contribution in [0.25, 0.3) is 0 Å². The molecule has 0 radical (unpaired) electrons. The van der Waals surface area contributed by atoms with Crippen molar-refractivity contribution in [2.45, 2.75) is 6.92 Å². The number of benzene rings is 1. The van der Waals surface area contributed by atoms with E-state index in [0.29, 0.717) is 11.3 Å². The normalized spacial score (nSPS) is 10.3. The molecule has 0 bridgehead atoms. The van der Waals surface area contributed by atoms with E-state index in [1.807, 2.05) is 20.2 Å². The first-order valence-electron chi connectivity index (χ1n) is 4.19. The van der Waals surface area contributed by atoms with Gasteiger partial charge < -0.3 is 5.43 Å². The molecule has 0 aliphatic rings. The lowest BCUT2D eigenvalue weighted by Gasteiger charge is -2.13. The first kappa shape index (κ1) is 10.5. The van der Waals surface area contributed by atoms with E-state index in [0.717, 1.165) is 0 Å². The van der Waals surface area contributed by atoms with Crippen LogP contribution in [0, 0.1) is 17.0 Å². The number of nitrogens with one attached hydrogen (secondary N) is 1. The number of hydrogen-bond acceptors (Lipinski definition) is 4. The molecule has 14 heavy (non-hydrogen) atoms. The van der Waals surface area contributed by atoms with Gasteiger partial charge in [-0.25, -0.2) is 5.01 Å². The van der Waals surface area contributed by atoms with Gasteiger partial charge in [0.15, 0.2) is 0 Å². The standard InChI is InChI=1S/C9H13N3O2/c1-7-4-5-8(10-11(2)3)6-9(7)12(13)14/h4-6,10H,1-3H3. The van der Waals surface area contributed by atoms with E-state index < -0.39 is 0 Å². The van der Waals surface area contributed by atoms with Crippen molar-refractivity contribution in [2.75, 3.05) is 19.5 Å². The van der Waals surface area contributed by atoms with Crippen LogP contribution >= 0.6 is 0 Å². The Kier molecular flexibility index (Phi) is 3.03. The molecule has 0 fully saturated rings. The predicted molar refractivity (Wildman–Crippen MR) is 55.1 cm³/mol. The number of nitrogens with zero attached hydrogens (tertiary/aromatic N) is 2. The molecule has 5 heteroatoms. The Morgan fingerprint density at radius 2 is 2.07 bits per heavy atom. The zero-order valence-corrected chi connectivity index (χ0v) is 8.44. The smallest absolute Gasteiger partial charge is 0.274 e. The van der Waals surface area contributed by atoms with Gasteiger partial charge >= 0.3 is 0 Å². The van der Waals surface area contributed by atoms with Gasteiger partial charge in [0.2, 0.25) is 0 Å². The molecule has 0 saturated heterocycles. The van der Waals surface area contributed by atoms with Crippen molar-refractivity contribution in [3.05, 3.63) is 33.9 Å². The molecular weight excluding hydrogens is 182 g/mol. The number of hydrogen-bond donors (Lipinski definition) is 1. The molecule has 0 unspecified atom stereocenters. The third-order valence-electron chi connectivity index (χ3n) is 1.76. The molecule has 0 aromatic heterocycles. The third-order valence-corrected chi connectivity index (χ3v) is 1.76. The highest BCUT2D eigenvalue weighted by molar-refractivity contribution is 5.54. The average molecular weight is 195 g/mol. The molecule has 0 spiro atoms. The van der Waals surface area contributed by atoms with Crippen LogP contribution in [-0.4, -0.2) is 24.0 Å². The molecule has 76 valence electrons. The molecule has 0 heterocycles. The number of nitro groups is 1. The largest absolute Gasteiger partial charge is 0.319 e. The van der Waals surface area contributed by atoms with E-state index >= 15 is 0 Å². The van der Waals surface area contributed by atoms with Gasteiger partial charge in [-0.05, 0) is 13.0 Å². The van der Waals surface area contributed by atoms with E-state index in [1.165, 1.54) is 6.07 Å². The predicted octanol–water partition coefficient (Wildman–Crippen LogP) is 1.79. The van der Waals surface area contributed by atoms with Crippen LogP contribution in [0.4, 0.5) is 11.4 Å². The van der Waals surface area contributed by atoms with Crippen molar-refractivity contribution in [3.63, 3.8) is 0 Å². The number of nitro benzene ring substituents is 1. The highest BCUT2D eigenvalue weighted by Gasteiger charge is 2.10. The first-order chi connectivity index (χ1) is 6.50. The molecule has 1 aromatic rings. The van der Waals surface area contributed by atoms with E-state index in [1.54, 1.807) is 18.0 Å². The SMILES string of the molecule is Cc1ccc(NN(C)C)cc1[N+](=O)[O-]. The van der Waals surface area contributed by atoms with Crippen LogP contribution in [0.1, 0.15) is 5.56 Å². The van der Waals surface area contributed by atoms with Crippen molar-refractivity contribution in [1.82, 2.24) is 5.01 Å². The second-order valence-corrected chi connectivity index (χ2v) is 3.26. The van der Waals surface area contributed by atoms with Gasteiger partial charge in [-0.15, -0.1) is 0 Å².